The Kier molecular flexibility index (Phi) is 11.1. The van der Waals surface area contributed by atoms with Gasteiger partial charge in [0.2, 0.25) is 0 Å². The highest BCUT2D eigenvalue weighted by Crippen LogP contribution is 2.30. The van der Waals surface area contributed by atoms with Crippen LogP contribution in [0.2, 0.25) is 0 Å². The molecule has 0 aromatic carbocycles. The zero-order chi connectivity index (χ0) is 13.8. The van der Waals surface area contributed by atoms with E-state index in [1.165, 1.54) is 96.3 Å². The second-order valence-electron chi connectivity index (χ2n) is 6.65. The fourth-order valence-electron chi connectivity index (χ4n) is 3.35. The highest BCUT2D eigenvalue weighted by molar-refractivity contribution is 7.80. The maximum atomic E-state index is 4.58. The predicted octanol–water partition coefficient (Wildman–Crippen LogP) is 6.79. The van der Waals surface area contributed by atoms with Crippen LogP contribution in [0.5, 0.6) is 0 Å². The number of thiol groups is 1. The highest BCUT2D eigenvalue weighted by atomic mass is 32.1. The molecule has 0 amide bonds. The SMILES string of the molecule is CCCCCCCCCCCCC1CCC(S)CC1. The van der Waals surface area contributed by atoms with Gasteiger partial charge in [0.05, 0.1) is 0 Å². The molecule has 1 rings (SSSR count). The van der Waals surface area contributed by atoms with Gasteiger partial charge in [-0.15, -0.1) is 0 Å². The van der Waals surface area contributed by atoms with E-state index in [2.05, 4.69) is 19.6 Å². The average Bonchev–Trinajstić information content (AvgIpc) is 2.43. The van der Waals surface area contributed by atoms with Crippen LogP contribution in [0.25, 0.3) is 0 Å². The summed E-state index contributed by atoms with van der Waals surface area (Å²) in [5.41, 5.74) is 0. The third-order valence-electron chi connectivity index (χ3n) is 4.78. The molecule has 114 valence electrons. The number of hydrogen-bond donors (Lipinski definition) is 1. The van der Waals surface area contributed by atoms with Gasteiger partial charge in [-0.25, -0.2) is 0 Å². The van der Waals surface area contributed by atoms with Gasteiger partial charge in [-0.3, -0.25) is 0 Å². The maximum Gasteiger partial charge on any atom is 0.00170 e. The van der Waals surface area contributed by atoms with Crippen molar-refractivity contribution in [1.29, 1.82) is 0 Å². The fraction of sp³-hybridized carbons (Fsp3) is 1.00. The first-order valence-corrected chi connectivity index (χ1v) is 9.52. The van der Waals surface area contributed by atoms with Gasteiger partial charge >= 0.3 is 0 Å². The van der Waals surface area contributed by atoms with Crippen molar-refractivity contribution in [3.05, 3.63) is 0 Å². The van der Waals surface area contributed by atoms with Crippen LogP contribution < -0.4 is 0 Å². The Hall–Kier alpha value is 0.350. The van der Waals surface area contributed by atoms with Gasteiger partial charge in [0.25, 0.3) is 0 Å². The molecule has 1 saturated carbocycles. The Balaban J connectivity index is 1.76. The fourth-order valence-corrected chi connectivity index (χ4v) is 3.65. The van der Waals surface area contributed by atoms with Crippen molar-refractivity contribution < 1.29 is 0 Å². The first kappa shape index (κ1) is 17.4. The lowest BCUT2D eigenvalue weighted by molar-refractivity contribution is 0.334. The Morgan fingerprint density at radius 1 is 0.684 bits per heavy atom. The number of rotatable bonds is 11. The van der Waals surface area contributed by atoms with Crippen molar-refractivity contribution in [3.8, 4) is 0 Å². The van der Waals surface area contributed by atoms with E-state index in [4.69, 9.17) is 0 Å². The van der Waals surface area contributed by atoms with Crippen molar-refractivity contribution in [3.63, 3.8) is 0 Å². The van der Waals surface area contributed by atoms with E-state index in [1.54, 1.807) is 0 Å². The minimum Gasteiger partial charge on any atom is -0.176 e. The molecule has 0 spiro atoms. The summed E-state index contributed by atoms with van der Waals surface area (Å²) in [6.45, 7) is 2.29. The Bertz CT molecular complexity index is 182. The van der Waals surface area contributed by atoms with Crippen molar-refractivity contribution in [1.82, 2.24) is 0 Å². The molecule has 19 heavy (non-hydrogen) atoms. The van der Waals surface area contributed by atoms with Gasteiger partial charge in [-0.05, 0) is 31.6 Å². The molecule has 0 unspecified atom stereocenters. The van der Waals surface area contributed by atoms with Crippen molar-refractivity contribution >= 4 is 12.6 Å². The number of unbranched alkanes of at least 4 members (excludes halogenated alkanes) is 9. The lowest BCUT2D eigenvalue weighted by Gasteiger charge is -2.25. The van der Waals surface area contributed by atoms with Gasteiger partial charge in [-0.1, -0.05) is 77.6 Å². The predicted molar refractivity (Wildman–Crippen MR) is 91.2 cm³/mol. The summed E-state index contributed by atoms with van der Waals surface area (Å²) in [4.78, 5) is 0. The Labute approximate surface area is 127 Å². The highest BCUT2D eigenvalue weighted by Gasteiger charge is 2.17. The van der Waals surface area contributed by atoms with E-state index in [1.807, 2.05) is 0 Å². The largest absolute Gasteiger partial charge is 0.176 e. The van der Waals surface area contributed by atoms with Crippen LogP contribution in [0.15, 0.2) is 0 Å². The molecular formula is C18H36S. The minimum absolute atomic E-state index is 0.712. The van der Waals surface area contributed by atoms with E-state index < -0.39 is 0 Å². The first-order chi connectivity index (χ1) is 9.33. The summed E-state index contributed by atoms with van der Waals surface area (Å²) in [7, 11) is 0. The summed E-state index contributed by atoms with van der Waals surface area (Å²) < 4.78 is 0. The van der Waals surface area contributed by atoms with Crippen LogP contribution in [0.1, 0.15) is 103 Å². The maximum absolute atomic E-state index is 4.58. The third-order valence-corrected chi connectivity index (χ3v) is 5.30. The molecule has 1 fully saturated rings. The number of hydrogen-bond acceptors (Lipinski definition) is 1. The molecule has 0 atom stereocenters. The summed E-state index contributed by atoms with van der Waals surface area (Å²) in [6.07, 6.45) is 21.8. The second-order valence-corrected chi connectivity index (χ2v) is 7.38. The van der Waals surface area contributed by atoms with E-state index >= 15 is 0 Å². The summed E-state index contributed by atoms with van der Waals surface area (Å²) in [5, 5.41) is 0.712. The van der Waals surface area contributed by atoms with Crippen molar-refractivity contribution in [2.75, 3.05) is 0 Å². The van der Waals surface area contributed by atoms with E-state index in [-0.39, 0.29) is 0 Å². The van der Waals surface area contributed by atoms with E-state index in [0.717, 1.165) is 5.92 Å². The van der Waals surface area contributed by atoms with Crippen molar-refractivity contribution in [2.45, 2.75) is 108 Å². The molecule has 0 aliphatic heterocycles. The van der Waals surface area contributed by atoms with Crippen LogP contribution in [0, 0.1) is 5.92 Å². The van der Waals surface area contributed by atoms with Crippen LogP contribution in [-0.4, -0.2) is 5.25 Å². The molecule has 1 aliphatic rings. The van der Waals surface area contributed by atoms with Gasteiger partial charge < -0.3 is 0 Å². The third kappa shape index (κ3) is 9.82. The smallest absolute Gasteiger partial charge is 0.00170 e. The lowest BCUT2D eigenvalue weighted by Crippen LogP contribution is -2.14. The summed E-state index contributed by atoms with van der Waals surface area (Å²) >= 11 is 4.58. The summed E-state index contributed by atoms with van der Waals surface area (Å²) in [6, 6.07) is 0. The minimum atomic E-state index is 0.712. The lowest BCUT2D eigenvalue weighted by atomic mass is 9.85. The van der Waals surface area contributed by atoms with Crippen LogP contribution >= 0.6 is 12.6 Å². The molecule has 0 bridgehead atoms. The monoisotopic (exact) mass is 284 g/mol. The average molecular weight is 285 g/mol. The molecular weight excluding hydrogens is 248 g/mol. The van der Waals surface area contributed by atoms with Crippen LogP contribution in [-0.2, 0) is 0 Å². The molecule has 1 heteroatoms. The van der Waals surface area contributed by atoms with Gasteiger partial charge in [0, 0.05) is 5.25 Å². The van der Waals surface area contributed by atoms with Gasteiger partial charge in [0.15, 0.2) is 0 Å². The molecule has 0 radical (unpaired) electrons. The van der Waals surface area contributed by atoms with E-state index in [0.29, 0.717) is 5.25 Å². The van der Waals surface area contributed by atoms with Gasteiger partial charge in [-0.2, -0.15) is 12.6 Å². The molecule has 0 aromatic rings. The zero-order valence-corrected chi connectivity index (χ0v) is 14.1. The quantitative estimate of drug-likeness (QED) is 0.313. The van der Waals surface area contributed by atoms with E-state index in [9.17, 15) is 0 Å². The van der Waals surface area contributed by atoms with Crippen LogP contribution in [0.3, 0.4) is 0 Å². The summed E-state index contributed by atoms with van der Waals surface area (Å²) in [5.74, 6) is 1.04. The first-order valence-electron chi connectivity index (χ1n) is 9.01. The standard InChI is InChI=1S/C18H36S/c1-2-3-4-5-6-7-8-9-10-11-12-17-13-15-18(19)16-14-17/h17-19H,2-16H2,1H3. The van der Waals surface area contributed by atoms with Crippen molar-refractivity contribution in [2.24, 2.45) is 5.92 Å². The molecule has 1 aliphatic carbocycles. The second kappa shape index (κ2) is 12.1. The molecule has 0 heterocycles. The Morgan fingerprint density at radius 2 is 1.16 bits per heavy atom. The normalized spacial score (nSPS) is 23.7. The van der Waals surface area contributed by atoms with Crippen LogP contribution in [0.4, 0.5) is 0 Å². The molecule has 0 N–H and O–H groups in total. The van der Waals surface area contributed by atoms with Gasteiger partial charge in [0.1, 0.15) is 0 Å². The molecule has 0 saturated heterocycles. The zero-order valence-electron chi connectivity index (χ0n) is 13.2. The topological polar surface area (TPSA) is 0 Å². The molecule has 0 nitrogen and oxygen atoms in total. The molecule has 0 aromatic heterocycles. The Morgan fingerprint density at radius 3 is 1.68 bits per heavy atom.